The molecule has 8 heteroatoms. The van der Waals surface area contributed by atoms with E-state index in [4.69, 9.17) is 0 Å². The fourth-order valence-electron chi connectivity index (χ4n) is 3.59. The number of carbonyl (C=O) groups excluding carboxylic acids is 2. The van der Waals surface area contributed by atoms with Crippen LogP contribution in [0.2, 0.25) is 0 Å². The number of piperidine rings is 1. The van der Waals surface area contributed by atoms with Gasteiger partial charge in [-0.3, -0.25) is 14.5 Å². The lowest BCUT2D eigenvalue weighted by atomic mass is 9.95. The van der Waals surface area contributed by atoms with Crippen molar-refractivity contribution in [2.24, 2.45) is 5.92 Å². The Labute approximate surface area is 170 Å². The Bertz CT molecular complexity index is 691. The Hall–Kier alpha value is -2.09. The summed E-state index contributed by atoms with van der Waals surface area (Å²) in [6.45, 7) is 5.45. The van der Waals surface area contributed by atoms with E-state index < -0.39 is 30.6 Å². The van der Waals surface area contributed by atoms with Gasteiger partial charge in [-0.15, -0.1) is 0 Å². The van der Waals surface area contributed by atoms with Crippen molar-refractivity contribution in [1.29, 1.82) is 0 Å². The van der Waals surface area contributed by atoms with Crippen LogP contribution >= 0.6 is 0 Å². The molecule has 1 aromatic carbocycles. The highest BCUT2D eigenvalue weighted by atomic mass is 19.4. The summed E-state index contributed by atoms with van der Waals surface area (Å²) < 4.78 is 38.2. The van der Waals surface area contributed by atoms with Crippen LogP contribution in [-0.2, 0) is 16.1 Å². The molecule has 0 radical (unpaired) electrons. The molecule has 5 nitrogen and oxygen atoms in total. The molecular formula is C21H30F3N3O2. The number of halogens is 3. The standard InChI is InChI=1S/C21H30F3N3O2/c1-4-26(14-21(22,23)24)20(29)18-6-5-11-27(13-18)16(3)19(28)25-12-17-9-7-15(2)8-10-17/h7-10,16,18H,4-6,11-14H2,1-3H3,(H,25,28)/t16-,18-/m1/s1. The van der Waals surface area contributed by atoms with Crippen LogP contribution < -0.4 is 5.32 Å². The van der Waals surface area contributed by atoms with Crippen molar-refractivity contribution in [2.45, 2.75) is 52.4 Å². The van der Waals surface area contributed by atoms with Crippen LogP contribution in [0, 0.1) is 12.8 Å². The molecule has 1 aliphatic rings. The Kier molecular flexibility index (Phi) is 8.07. The number of rotatable bonds is 7. The van der Waals surface area contributed by atoms with E-state index in [1.807, 2.05) is 36.1 Å². The van der Waals surface area contributed by atoms with Crippen LogP contribution in [0.3, 0.4) is 0 Å². The molecule has 0 spiro atoms. The zero-order chi connectivity index (χ0) is 21.6. The number of aryl methyl sites for hydroxylation is 1. The lowest BCUT2D eigenvalue weighted by molar-refractivity contribution is -0.164. The normalized spacial score (nSPS) is 18.9. The highest BCUT2D eigenvalue weighted by molar-refractivity contribution is 5.82. The molecule has 1 aliphatic heterocycles. The molecule has 0 bridgehead atoms. The van der Waals surface area contributed by atoms with E-state index in [2.05, 4.69) is 5.32 Å². The number of alkyl halides is 3. The van der Waals surface area contributed by atoms with Gasteiger partial charge < -0.3 is 10.2 Å². The SMILES string of the molecule is CCN(CC(F)(F)F)C(=O)[C@@H]1CCCN([C@H](C)C(=O)NCc2ccc(C)cc2)C1. The first-order valence-electron chi connectivity index (χ1n) is 10.0. The predicted octanol–water partition coefficient (Wildman–Crippen LogP) is 3.12. The van der Waals surface area contributed by atoms with E-state index >= 15 is 0 Å². The van der Waals surface area contributed by atoms with Gasteiger partial charge in [-0.1, -0.05) is 29.8 Å². The first-order valence-corrected chi connectivity index (χ1v) is 10.0. The van der Waals surface area contributed by atoms with Crippen LogP contribution in [-0.4, -0.2) is 60.0 Å². The third kappa shape index (κ3) is 7.03. The van der Waals surface area contributed by atoms with Gasteiger partial charge >= 0.3 is 6.18 Å². The van der Waals surface area contributed by atoms with Gasteiger partial charge in [0, 0.05) is 19.6 Å². The maximum atomic E-state index is 12.7. The van der Waals surface area contributed by atoms with Crippen molar-refractivity contribution in [3.05, 3.63) is 35.4 Å². The Balaban J connectivity index is 1.91. The summed E-state index contributed by atoms with van der Waals surface area (Å²) >= 11 is 0. The van der Waals surface area contributed by atoms with Crippen LogP contribution in [0.15, 0.2) is 24.3 Å². The molecular weight excluding hydrogens is 383 g/mol. The minimum Gasteiger partial charge on any atom is -0.351 e. The molecule has 1 heterocycles. The highest BCUT2D eigenvalue weighted by Gasteiger charge is 2.37. The van der Waals surface area contributed by atoms with Crippen LogP contribution in [0.1, 0.15) is 37.8 Å². The minimum absolute atomic E-state index is 0.0153. The molecule has 2 rings (SSSR count). The molecule has 0 unspecified atom stereocenters. The Morgan fingerprint density at radius 2 is 1.93 bits per heavy atom. The van der Waals surface area contributed by atoms with E-state index in [1.165, 1.54) is 0 Å². The van der Waals surface area contributed by atoms with Gasteiger partial charge in [-0.2, -0.15) is 13.2 Å². The minimum atomic E-state index is -4.41. The summed E-state index contributed by atoms with van der Waals surface area (Å²) in [4.78, 5) is 27.9. The van der Waals surface area contributed by atoms with E-state index in [9.17, 15) is 22.8 Å². The fourth-order valence-corrected chi connectivity index (χ4v) is 3.59. The molecule has 2 amide bonds. The summed E-state index contributed by atoms with van der Waals surface area (Å²) in [5.74, 6) is -1.15. The number of nitrogens with one attached hydrogen (secondary N) is 1. The average Bonchev–Trinajstić information content (AvgIpc) is 2.69. The highest BCUT2D eigenvalue weighted by Crippen LogP contribution is 2.23. The van der Waals surface area contributed by atoms with Crippen LogP contribution in [0.25, 0.3) is 0 Å². The second kappa shape index (κ2) is 10.1. The average molecular weight is 413 g/mol. The number of likely N-dealkylation sites (tertiary alicyclic amines) is 1. The maximum absolute atomic E-state index is 12.7. The number of amides is 2. The van der Waals surface area contributed by atoms with E-state index in [1.54, 1.807) is 13.8 Å². The summed E-state index contributed by atoms with van der Waals surface area (Å²) in [7, 11) is 0. The lowest BCUT2D eigenvalue weighted by Gasteiger charge is -2.37. The predicted molar refractivity (Wildman–Crippen MR) is 105 cm³/mol. The molecule has 2 atom stereocenters. The molecule has 1 saturated heterocycles. The van der Waals surface area contributed by atoms with Crippen molar-refractivity contribution in [3.8, 4) is 0 Å². The quantitative estimate of drug-likeness (QED) is 0.747. The van der Waals surface area contributed by atoms with Crippen molar-refractivity contribution in [2.75, 3.05) is 26.2 Å². The lowest BCUT2D eigenvalue weighted by Crippen LogP contribution is -2.52. The zero-order valence-electron chi connectivity index (χ0n) is 17.3. The van der Waals surface area contributed by atoms with E-state index in [0.717, 1.165) is 16.0 Å². The first-order chi connectivity index (χ1) is 13.6. The van der Waals surface area contributed by atoms with Crippen molar-refractivity contribution in [3.63, 3.8) is 0 Å². The monoisotopic (exact) mass is 413 g/mol. The van der Waals surface area contributed by atoms with E-state index in [-0.39, 0.29) is 12.5 Å². The Morgan fingerprint density at radius 3 is 2.52 bits per heavy atom. The molecule has 0 saturated carbocycles. The number of hydrogen-bond donors (Lipinski definition) is 1. The molecule has 0 aromatic heterocycles. The molecule has 1 N–H and O–H groups in total. The van der Waals surface area contributed by atoms with Crippen LogP contribution in [0.4, 0.5) is 13.2 Å². The molecule has 0 aliphatic carbocycles. The first kappa shape index (κ1) is 23.2. The molecule has 1 fully saturated rings. The summed E-state index contributed by atoms with van der Waals surface area (Å²) in [6.07, 6.45) is -3.19. The summed E-state index contributed by atoms with van der Waals surface area (Å²) in [6, 6.07) is 7.41. The molecule has 29 heavy (non-hydrogen) atoms. The number of carbonyl (C=O) groups is 2. The third-order valence-electron chi connectivity index (χ3n) is 5.38. The summed E-state index contributed by atoms with van der Waals surface area (Å²) in [5.41, 5.74) is 2.14. The second-order valence-electron chi connectivity index (χ2n) is 7.68. The van der Waals surface area contributed by atoms with Gasteiger partial charge in [0.25, 0.3) is 0 Å². The summed E-state index contributed by atoms with van der Waals surface area (Å²) in [5, 5.41) is 2.90. The van der Waals surface area contributed by atoms with Gasteiger partial charge in [0.05, 0.1) is 12.0 Å². The molecule has 1 aromatic rings. The van der Waals surface area contributed by atoms with Crippen LogP contribution in [0.5, 0.6) is 0 Å². The van der Waals surface area contributed by atoms with Crippen molar-refractivity contribution < 1.29 is 22.8 Å². The van der Waals surface area contributed by atoms with Gasteiger partial charge in [0.1, 0.15) is 6.54 Å². The number of hydrogen-bond acceptors (Lipinski definition) is 3. The van der Waals surface area contributed by atoms with Crippen molar-refractivity contribution in [1.82, 2.24) is 15.1 Å². The maximum Gasteiger partial charge on any atom is 0.406 e. The zero-order valence-corrected chi connectivity index (χ0v) is 17.3. The van der Waals surface area contributed by atoms with Gasteiger partial charge in [0.15, 0.2) is 0 Å². The van der Waals surface area contributed by atoms with Gasteiger partial charge in [0.2, 0.25) is 11.8 Å². The Morgan fingerprint density at radius 1 is 1.28 bits per heavy atom. The van der Waals surface area contributed by atoms with Gasteiger partial charge in [-0.05, 0) is 45.7 Å². The number of nitrogens with zero attached hydrogens (tertiary/aromatic N) is 2. The largest absolute Gasteiger partial charge is 0.406 e. The fraction of sp³-hybridized carbons (Fsp3) is 0.619. The second-order valence-corrected chi connectivity index (χ2v) is 7.68. The number of benzene rings is 1. The smallest absolute Gasteiger partial charge is 0.351 e. The third-order valence-corrected chi connectivity index (χ3v) is 5.38. The van der Waals surface area contributed by atoms with E-state index in [0.29, 0.717) is 32.5 Å². The molecule has 162 valence electrons. The topological polar surface area (TPSA) is 52.7 Å². The van der Waals surface area contributed by atoms with Gasteiger partial charge in [-0.25, -0.2) is 0 Å². The van der Waals surface area contributed by atoms with Crippen molar-refractivity contribution >= 4 is 11.8 Å².